The summed E-state index contributed by atoms with van der Waals surface area (Å²) in [6, 6.07) is 3.26. The first-order chi connectivity index (χ1) is 7.00. The normalized spacial score (nSPS) is 10.4. The van der Waals surface area contributed by atoms with Gasteiger partial charge in [0, 0.05) is 25.5 Å². The van der Waals surface area contributed by atoms with Crippen molar-refractivity contribution in [1.29, 1.82) is 0 Å². The Labute approximate surface area is 90.1 Å². The molecule has 1 aromatic heterocycles. The van der Waals surface area contributed by atoms with E-state index in [1.165, 1.54) is 0 Å². The average Bonchev–Trinajstić information content (AvgIpc) is 2.15. The Hall–Kier alpha value is -1.58. The van der Waals surface area contributed by atoms with Crippen molar-refractivity contribution in [3.8, 4) is 0 Å². The summed E-state index contributed by atoms with van der Waals surface area (Å²) in [6.07, 6.45) is 1.55. The zero-order valence-electron chi connectivity index (χ0n) is 9.40. The molecule has 0 radical (unpaired) electrons. The molecule has 0 aliphatic rings. The van der Waals surface area contributed by atoms with Gasteiger partial charge in [-0.25, -0.2) is 0 Å². The van der Waals surface area contributed by atoms with E-state index in [1.54, 1.807) is 30.3 Å². The van der Waals surface area contributed by atoms with Crippen LogP contribution < -0.4 is 5.73 Å². The molecule has 0 saturated heterocycles. The van der Waals surface area contributed by atoms with Gasteiger partial charge < -0.3 is 10.6 Å². The van der Waals surface area contributed by atoms with Crippen molar-refractivity contribution in [1.82, 2.24) is 9.88 Å². The number of anilines is 1. The molecule has 0 unspecified atom stereocenters. The van der Waals surface area contributed by atoms with Gasteiger partial charge in [0.1, 0.15) is 5.69 Å². The first-order valence-electron chi connectivity index (χ1n) is 4.97. The Balaban J connectivity index is 2.76. The molecule has 15 heavy (non-hydrogen) atoms. The van der Waals surface area contributed by atoms with Crippen LogP contribution in [0.3, 0.4) is 0 Å². The Bertz CT molecular complexity index is 349. The smallest absolute Gasteiger partial charge is 0.272 e. The van der Waals surface area contributed by atoms with Crippen molar-refractivity contribution in [2.24, 2.45) is 5.92 Å². The van der Waals surface area contributed by atoms with E-state index in [-0.39, 0.29) is 5.91 Å². The first-order valence-corrected chi connectivity index (χ1v) is 4.97. The Morgan fingerprint density at radius 2 is 2.27 bits per heavy atom. The number of nitrogens with zero attached hydrogens (tertiary/aromatic N) is 2. The number of amides is 1. The fraction of sp³-hybridized carbons (Fsp3) is 0.455. The monoisotopic (exact) mass is 207 g/mol. The van der Waals surface area contributed by atoms with Crippen LogP contribution in [0.1, 0.15) is 24.3 Å². The van der Waals surface area contributed by atoms with Gasteiger partial charge in [0.15, 0.2) is 0 Å². The van der Waals surface area contributed by atoms with Crippen LogP contribution in [0.2, 0.25) is 0 Å². The third-order valence-electron chi connectivity index (χ3n) is 1.99. The average molecular weight is 207 g/mol. The molecule has 4 nitrogen and oxygen atoms in total. The van der Waals surface area contributed by atoms with E-state index in [0.29, 0.717) is 17.3 Å². The predicted octanol–water partition coefficient (Wildman–Crippen LogP) is 1.39. The number of pyridine rings is 1. The van der Waals surface area contributed by atoms with Crippen LogP contribution in [0.25, 0.3) is 0 Å². The van der Waals surface area contributed by atoms with E-state index in [9.17, 15) is 4.79 Å². The van der Waals surface area contributed by atoms with Gasteiger partial charge in [0.25, 0.3) is 5.91 Å². The molecule has 1 heterocycles. The number of nitrogens with two attached hydrogens (primary N) is 1. The molecular formula is C11H17N3O. The van der Waals surface area contributed by atoms with Gasteiger partial charge in [-0.3, -0.25) is 9.78 Å². The summed E-state index contributed by atoms with van der Waals surface area (Å²) in [5, 5.41) is 0. The largest absolute Gasteiger partial charge is 0.399 e. The summed E-state index contributed by atoms with van der Waals surface area (Å²) in [5.74, 6) is 0.357. The van der Waals surface area contributed by atoms with Crippen LogP contribution in [0.4, 0.5) is 5.69 Å². The number of rotatable bonds is 3. The molecule has 0 bridgehead atoms. The van der Waals surface area contributed by atoms with Gasteiger partial charge in [-0.2, -0.15) is 0 Å². The van der Waals surface area contributed by atoms with Crippen LogP contribution in [0.5, 0.6) is 0 Å². The molecule has 82 valence electrons. The molecule has 0 fully saturated rings. The lowest BCUT2D eigenvalue weighted by Crippen LogP contribution is -2.30. The van der Waals surface area contributed by atoms with Gasteiger partial charge in [-0.1, -0.05) is 13.8 Å². The lowest BCUT2D eigenvalue weighted by Gasteiger charge is -2.18. The second-order valence-electron chi connectivity index (χ2n) is 4.05. The summed E-state index contributed by atoms with van der Waals surface area (Å²) in [4.78, 5) is 17.5. The van der Waals surface area contributed by atoms with Crippen LogP contribution in [0.15, 0.2) is 18.3 Å². The number of carbonyl (C=O) groups is 1. The van der Waals surface area contributed by atoms with E-state index in [4.69, 9.17) is 5.73 Å². The molecule has 2 N–H and O–H groups in total. The van der Waals surface area contributed by atoms with Crippen molar-refractivity contribution in [2.75, 3.05) is 19.3 Å². The molecule has 4 heteroatoms. The molecule has 0 saturated carbocycles. The van der Waals surface area contributed by atoms with Gasteiger partial charge in [0.05, 0.1) is 0 Å². The van der Waals surface area contributed by atoms with Gasteiger partial charge >= 0.3 is 0 Å². The van der Waals surface area contributed by atoms with E-state index in [1.807, 2.05) is 0 Å². The van der Waals surface area contributed by atoms with Gasteiger partial charge in [-0.05, 0) is 18.1 Å². The number of hydrogen-bond donors (Lipinski definition) is 1. The third-order valence-corrected chi connectivity index (χ3v) is 1.99. The lowest BCUT2D eigenvalue weighted by atomic mass is 10.2. The molecule has 0 aliphatic heterocycles. The van der Waals surface area contributed by atoms with Crippen LogP contribution >= 0.6 is 0 Å². The second-order valence-corrected chi connectivity index (χ2v) is 4.05. The zero-order valence-corrected chi connectivity index (χ0v) is 9.40. The van der Waals surface area contributed by atoms with Crippen molar-refractivity contribution < 1.29 is 4.79 Å². The number of aromatic nitrogens is 1. The quantitative estimate of drug-likeness (QED) is 0.814. The number of hydrogen-bond acceptors (Lipinski definition) is 3. The maximum absolute atomic E-state index is 11.8. The second kappa shape index (κ2) is 4.77. The van der Waals surface area contributed by atoms with Crippen molar-refractivity contribution in [3.63, 3.8) is 0 Å². The first kappa shape index (κ1) is 11.5. The Morgan fingerprint density at radius 3 is 2.80 bits per heavy atom. The number of nitrogen functional groups attached to an aromatic ring is 1. The molecule has 0 spiro atoms. The predicted molar refractivity (Wildman–Crippen MR) is 60.4 cm³/mol. The third kappa shape index (κ3) is 3.23. The van der Waals surface area contributed by atoms with E-state index >= 15 is 0 Å². The van der Waals surface area contributed by atoms with Crippen molar-refractivity contribution in [3.05, 3.63) is 24.0 Å². The molecular weight excluding hydrogens is 190 g/mol. The van der Waals surface area contributed by atoms with E-state index < -0.39 is 0 Å². The highest BCUT2D eigenvalue weighted by Gasteiger charge is 2.13. The van der Waals surface area contributed by atoms with Crippen molar-refractivity contribution >= 4 is 11.6 Å². The molecule has 0 atom stereocenters. The zero-order chi connectivity index (χ0) is 11.4. The van der Waals surface area contributed by atoms with Crippen molar-refractivity contribution in [2.45, 2.75) is 13.8 Å². The molecule has 0 aliphatic carbocycles. The van der Waals surface area contributed by atoms with Gasteiger partial charge in [-0.15, -0.1) is 0 Å². The molecule has 1 aromatic rings. The van der Waals surface area contributed by atoms with E-state index in [0.717, 1.165) is 6.54 Å². The van der Waals surface area contributed by atoms with E-state index in [2.05, 4.69) is 18.8 Å². The maximum Gasteiger partial charge on any atom is 0.272 e. The van der Waals surface area contributed by atoms with Crippen LogP contribution in [-0.4, -0.2) is 29.4 Å². The summed E-state index contributed by atoms with van der Waals surface area (Å²) < 4.78 is 0. The molecule has 1 amide bonds. The minimum absolute atomic E-state index is 0.0870. The van der Waals surface area contributed by atoms with Crippen LogP contribution in [0, 0.1) is 5.92 Å². The maximum atomic E-state index is 11.8. The van der Waals surface area contributed by atoms with Gasteiger partial charge in [0.2, 0.25) is 0 Å². The Kier molecular flexibility index (Phi) is 3.66. The summed E-state index contributed by atoms with van der Waals surface area (Å²) in [7, 11) is 1.77. The highest BCUT2D eigenvalue weighted by molar-refractivity contribution is 5.92. The standard InChI is InChI=1S/C11H17N3O/c1-8(2)7-14(3)11(15)10-6-9(12)4-5-13-10/h4-6,8H,7H2,1-3H3,(H2,12,13). The fourth-order valence-electron chi connectivity index (χ4n) is 1.39. The highest BCUT2D eigenvalue weighted by Crippen LogP contribution is 2.06. The lowest BCUT2D eigenvalue weighted by molar-refractivity contribution is 0.0773. The Morgan fingerprint density at radius 1 is 1.60 bits per heavy atom. The fourth-order valence-corrected chi connectivity index (χ4v) is 1.39. The molecule has 1 rings (SSSR count). The SMILES string of the molecule is CC(C)CN(C)C(=O)c1cc(N)ccn1. The molecule has 0 aromatic carbocycles. The summed E-state index contributed by atoms with van der Waals surface area (Å²) in [6.45, 7) is 4.85. The minimum atomic E-state index is -0.0870. The summed E-state index contributed by atoms with van der Waals surface area (Å²) in [5.41, 5.74) is 6.55. The minimum Gasteiger partial charge on any atom is -0.399 e. The topological polar surface area (TPSA) is 59.2 Å². The highest BCUT2D eigenvalue weighted by atomic mass is 16.2. The van der Waals surface area contributed by atoms with Crippen LogP contribution in [-0.2, 0) is 0 Å². The summed E-state index contributed by atoms with van der Waals surface area (Å²) >= 11 is 0. The number of carbonyl (C=O) groups excluding carboxylic acids is 1.